The molecule has 2 aromatic rings. The molecule has 1 aromatic carbocycles. The lowest BCUT2D eigenvalue weighted by Gasteiger charge is -2.08. The van der Waals surface area contributed by atoms with Gasteiger partial charge < -0.3 is 0 Å². The smallest absolute Gasteiger partial charge is 0.215 e. The van der Waals surface area contributed by atoms with Gasteiger partial charge in [0.2, 0.25) is 5.69 Å². The highest BCUT2D eigenvalue weighted by Gasteiger charge is 2.18. The number of rotatable bonds is 1. The summed E-state index contributed by atoms with van der Waals surface area (Å²) in [7, 11) is 0. The largest absolute Gasteiger partial charge is 0.273 e. The number of halogens is 2. The van der Waals surface area contributed by atoms with Crippen LogP contribution in [0.3, 0.4) is 0 Å². The first-order valence-electron chi connectivity index (χ1n) is 4.89. The molecule has 86 valence electrons. The van der Waals surface area contributed by atoms with Crippen molar-refractivity contribution in [1.29, 1.82) is 5.26 Å². The fourth-order valence-corrected chi connectivity index (χ4v) is 1.63. The molecule has 0 unspecified atom stereocenters. The van der Waals surface area contributed by atoms with E-state index in [1.165, 1.54) is 12.1 Å². The van der Waals surface area contributed by atoms with Gasteiger partial charge in [0.15, 0.2) is 0 Å². The lowest BCUT2D eigenvalue weighted by atomic mass is 9.99. The van der Waals surface area contributed by atoms with Crippen LogP contribution in [0.15, 0.2) is 30.6 Å². The average Bonchev–Trinajstić information content (AvgIpc) is 2.38. The van der Waals surface area contributed by atoms with Gasteiger partial charge in [0.05, 0.1) is 24.4 Å². The van der Waals surface area contributed by atoms with E-state index >= 15 is 0 Å². The molecule has 0 saturated carbocycles. The summed E-state index contributed by atoms with van der Waals surface area (Å²) in [4.78, 5) is 6.63. The number of nitrogens with zero attached hydrogens (tertiary/aromatic N) is 3. The topological polar surface area (TPSA) is 41.0 Å². The zero-order valence-corrected chi connectivity index (χ0v) is 8.98. The average molecular weight is 241 g/mol. The summed E-state index contributed by atoms with van der Waals surface area (Å²) >= 11 is 0. The van der Waals surface area contributed by atoms with Crippen molar-refractivity contribution in [2.75, 3.05) is 0 Å². The van der Waals surface area contributed by atoms with E-state index < -0.39 is 11.6 Å². The molecule has 2 rings (SSSR count). The third-order valence-corrected chi connectivity index (χ3v) is 2.38. The van der Waals surface area contributed by atoms with Gasteiger partial charge in [-0.1, -0.05) is 6.07 Å². The highest BCUT2D eigenvalue weighted by molar-refractivity contribution is 5.82. The summed E-state index contributed by atoms with van der Waals surface area (Å²) < 4.78 is 27.5. The molecular formula is C13H5F2N3. The molecule has 0 aliphatic rings. The molecule has 0 fully saturated rings. The zero-order valence-electron chi connectivity index (χ0n) is 8.98. The van der Waals surface area contributed by atoms with Crippen LogP contribution in [0, 0.1) is 29.5 Å². The molecule has 1 aromatic heterocycles. The third-order valence-electron chi connectivity index (χ3n) is 2.38. The highest BCUT2D eigenvalue weighted by atomic mass is 19.1. The first-order valence-corrected chi connectivity index (χ1v) is 4.89. The van der Waals surface area contributed by atoms with Crippen molar-refractivity contribution < 1.29 is 8.78 Å². The van der Waals surface area contributed by atoms with Crippen LogP contribution >= 0.6 is 0 Å². The summed E-state index contributed by atoms with van der Waals surface area (Å²) in [6.07, 6.45) is 2.02. The molecule has 0 aliphatic carbocycles. The minimum Gasteiger partial charge on any atom is -0.273 e. The van der Waals surface area contributed by atoms with Gasteiger partial charge in [0.1, 0.15) is 11.6 Å². The summed E-state index contributed by atoms with van der Waals surface area (Å²) in [5, 5.41) is 8.93. The van der Waals surface area contributed by atoms with Crippen molar-refractivity contribution in [3.8, 4) is 17.2 Å². The van der Waals surface area contributed by atoms with E-state index in [9.17, 15) is 8.78 Å². The van der Waals surface area contributed by atoms with Crippen molar-refractivity contribution in [2.45, 2.75) is 0 Å². The van der Waals surface area contributed by atoms with Gasteiger partial charge in [-0.15, -0.1) is 0 Å². The Labute approximate surface area is 102 Å². The molecule has 1 heterocycles. The van der Waals surface area contributed by atoms with Gasteiger partial charge >= 0.3 is 0 Å². The van der Waals surface area contributed by atoms with Crippen LogP contribution in [0.25, 0.3) is 16.0 Å². The van der Waals surface area contributed by atoms with Crippen LogP contribution in [0.2, 0.25) is 0 Å². The fourth-order valence-electron chi connectivity index (χ4n) is 1.63. The van der Waals surface area contributed by atoms with Gasteiger partial charge in [-0.2, -0.15) is 5.26 Å². The Morgan fingerprint density at radius 3 is 2.61 bits per heavy atom. The van der Waals surface area contributed by atoms with Crippen molar-refractivity contribution in [2.24, 2.45) is 0 Å². The molecule has 0 radical (unpaired) electrons. The van der Waals surface area contributed by atoms with E-state index in [4.69, 9.17) is 11.8 Å². The van der Waals surface area contributed by atoms with E-state index in [-0.39, 0.29) is 22.4 Å². The Kier molecular flexibility index (Phi) is 2.99. The maximum absolute atomic E-state index is 13.8. The van der Waals surface area contributed by atoms with Gasteiger partial charge in [-0.3, -0.25) is 4.98 Å². The first kappa shape index (κ1) is 11.7. The molecule has 0 amide bonds. The summed E-state index contributed by atoms with van der Waals surface area (Å²) in [5.41, 5.74) is -0.581. The lowest BCUT2D eigenvalue weighted by Crippen LogP contribution is -1.94. The summed E-state index contributed by atoms with van der Waals surface area (Å²) in [6, 6.07) is 5.62. The normalized spacial score (nSPS) is 9.56. The molecule has 0 spiro atoms. The predicted octanol–water partition coefficient (Wildman–Crippen LogP) is 3.45. The van der Waals surface area contributed by atoms with E-state index in [0.717, 1.165) is 18.5 Å². The predicted molar refractivity (Wildman–Crippen MR) is 60.6 cm³/mol. The monoisotopic (exact) mass is 241 g/mol. The summed E-state index contributed by atoms with van der Waals surface area (Å²) in [6.45, 7) is 6.94. The van der Waals surface area contributed by atoms with Crippen LogP contribution in [0.4, 0.5) is 14.5 Å². The summed E-state index contributed by atoms with van der Waals surface area (Å²) in [5.74, 6) is -1.57. The second-order valence-corrected chi connectivity index (χ2v) is 3.40. The Morgan fingerprint density at radius 2 is 1.94 bits per heavy atom. The van der Waals surface area contributed by atoms with Crippen LogP contribution in [0.5, 0.6) is 0 Å². The molecule has 0 saturated heterocycles. The number of benzene rings is 1. The maximum Gasteiger partial charge on any atom is 0.215 e. The molecule has 0 aliphatic heterocycles. The standard InChI is InChI=1S/C13H5F2N3/c1-17-11-7-18-6-10(15)13(11)12-8(5-16)3-2-4-9(12)14/h2-4,6-7H. The van der Waals surface area contributed by atoms with Crippen LogP contribution in [-0.2, 0) is 0 Å². The molecule has 0 N–H and O–H groups in total. The lowest BCUT2D eigenvalue weighted by molar-refractivity contribution is 0.613. The Hall–Kier alpha value is -2.79. The van der Waals surface area contributed by atoms with E-state index in [2.05, 4.69) is 9.83 Å². The second-order valence-electron chi connectivity index (χ2n) is 3.40. The van der Waals surface area contributed by atoms with Gasteiger partial charge in [0.25, 0.3) is 0 Å². The highest BCUT2D eigenvalue weighted by Crippen LogP contribution is 2.35. The van der Waals surface area contributed by atoms with Crippen molar-refractivity contribution >= 4 is 5.69 Å². The molecule has 5 heteroatoms. The SMILES string of the molecule is [C-]#[N+]c1cncc(F)c1-c1c(F)cccc1C#N. The molecule has 3 nitrogen and oxygen atoms in total. The van der Waals surface area contributed by atoms with Crippen molar-refractivity contribution in [3.63, 3.8) is 0 Å². The Bertz CT molecular complexity index is 635. The number of pyridine rings is 1. The second kappa shape index (κ2) is 4.60. The minimum absolute atomic E-state index is 0.0231. The van der Waals surface area contributed by atoms with Crippen molar-refractivity contribution in [1.82, 2.24) is 4.98 Å². The van der Waals surface area contributed by atoms with Crippen LogP contribution < -0.4 is 0 Å². The fraction of sp³-hybridized carbons (Fsp3) is 0. The van der Waals surface area contributed by atoms with E-state index in [1.54, 1.807) is 6.07 Å². The minimum atomic E-state index is -0.829. The number of hydrogen-bond acceptors (Lipinski definition) is 2. The van der Waals surface area contributed by atoms with Crippen molar-refractivity contribution in [3.05, 3.63) is 59.2 Å². The molecule has 18 heavy (non-hydrogen) atoms. The Morgan fingerprint density at radius 1 is 1.17 bits per heavy atom. The van der Waals surface area contributed by atoms with Crippen LogP contribution in [-0.4, -0.2) is 4.98 Å². The molecule has 0 atom stereocenters. The first-order chi connectivity index (χ1) is 8.69. The van der Waals surface area contributed by atoms with E-state index in [0.29, 0.717) is 0 Å². The molecule has 0 bridgehead atoms. The third kappa shape index (κ3) is 1.79. The van der Waals surface area contributed by atoms with Crippen LogP contribution in [0.1, 0.15) is 5.56 Å². The Balaban J connectivity index is 2.87. The zero-order chi connectivity index (χ0) is 13.1. The maximum atomic E-state index is 13.8. The number of aromatic nitrogens is 1. The quantitative estimate of drug-likeness (QED) is 0.717. The van der Waals surface area contributed by atoms with Gasteiger partial charge in [0, 0.05) is 17.3 Å². The number of hydrogen-bond donors (Lipinski definition) is 0. The van der Waals surface area contributed by atoms with Gasteiger partial charge in [-0.05, 0) is 12.1 Å². The number of nitriles is 1. The van der Waals surface area contributed by atoms with Gasteiger partial charge in [-0.25, -0.2) is 13.6 Å². The molecular weight excluding hydrogens is 236 g/mol. The van der Waals surface area contributed by atoms with E-state index in [1.807, 2.05) is 0 Å².